The minimum atomic E-state index is -0.350. The molecule has 0 amide bonds. The second-order valence-electron chi connectivity index (χ2n) is 1.85. The molecule has 2 N–H and O–H groups in total. The van der Waals surface area contributed by atoms with Gasteiger partial charge in [-0.15, -0.1) is 0 Å². The Balaban J connectivity index is 3.27. The molecule has 0 aromatic carbocycles. The van der Waals surface area contributed by atoms with Gasteiger partial charge in [-0.3, -0.25) is 4.79 Å². The number of hydrogen-bond acceptors (Lipinski definition) is 3. The normalized spacial score (nSPS) is 13.2. The summed E-state index contributed by atoms with van der Waals surface area (Å²) in [6.45, 7) is 3.22. The number of hydrogen-bond donors (Lipinski definition) is 1. The maximum absolute atomic E-state index is 10.4. The third-order valence-electron chi connectivity index (χ3n) is 1.05. The van der Waals surface area contributed by atoms with Crippen molar-refractivity contribution < 1.29 is 4.79 Å². The lowest BCUT2D eigenvalue weighted by molar-refractivity contribution is -0.116. The maximum Gasteiger partial charge on any atom is 0.149 e. The first-order valence-electron chi connectivity index (χ1n) is 2.78. The van der Waals surface area contributed by atoms with Gasteiger partial charge in [0.15, 0.2) is 0 Å². The van der Waals surface area contributed by atoms with Crippen LogP contribution in [0, 0.1) is 6.92 Å². The van der Waals surface area contributed by atoms with Crippen LogP contribution in [0.15, 0.2) is 0 Å². The van der Waals surface area contributed by atoms with E-state index in [0.29, 0.717) is 0 Å². The average Bonchev–Trinajstić information content (AvgIpc) is 1.82. The number of rotatable bonds is 4. The van der Waals surface area contributed by atoms with E-state index in [1.165, 1.54) is 0 Å². The van der Waals surface area contributed by atoms with Crippen LogP contribution in [0.4, 0.5) is 0 Å². The van der Waals surface area contributed by atoms with Gasteiger partial charge in [0.2, 0.25) is 0 Å². The fourth-order valence-corrected chi connectivity index (χ4v) is 0.895. The van der Waals surface area contributed by atoms with E-state index in [-0.39, 0.29) is 11.8 Å². The molecule has 0 aliphatic rings. The molecule has 0 aromatic heterocycles. The molecular weight excluding hydrogens is 134 g/mol. The zero-order valence-electron chi connectivity index (χ0n) is 5.59. The molecule has 1 radical (unpaired) electrons. The quantitative estimate of drug-likeness (QED) is 0.627. The van der Waals surface area contributed by atoms with Crippen molar-refractivity contribution in [1.29, 1.82) is 0 Å². The van der Waals surface area contributed by atoms with E-state index in [9.17, 15) is 4.79 Å². The molecule has 2 nitrogen and oxygen atoms in total. The van der Waals surface area contributed by atoms with E-state index < -0.39 is 0 Å². The van der Waals surface area contributed by atoms with Crippen LogP contribution in [0.1, 0.15) is 6.42 Å². The Kier molecular flexibility index (Phi) is 4.81. The molecule has 0 aliphatic heterocycles. The van der Waals surface area contributed by atoms with Crippen LogP contribution in [0.2, 0.25) is 0 Å². The minimum absolute atomic E-state index is 0.163. The zero-order valence-corrected chi connectivity index (χ0v) is 6.41. The Morgan fingerprint density at radius 3 is 2.78 bits per heavy atom. The molecule has 0 fully saturated rings. The number of carbonyl (C=O) groups excluding carboxylic acids is 1. The molecule has 0 rings (SSSR count). The average molecular weight is 146 g/mol. The number of thioether (sulfide) groups is 1. The maximum atomic E-state index is 10.4. The number of ketones is 1. The molecule has 9 heavy (non-hydrogen) atoms. The first-order chi connectivity index (χ1) is 4.18. The summed E-state index contributed by atoms with van der Waals surface area (Å²) < 4.78 is 0. The SMILES string of the molecule is [CH2]C(=O)[C@@H](N)CCSC. The highest BCUT2D eigenvalue weighted by atomic mass is 32.2. The van der Waals surface area contributed by atoms with Gasteiger partial charge in [-0.1, -0.05) is 0 Å². The summed E-state index contributed by atoms with van der Waals surface area (Å²) in [6.07, 6.45) is 2.73. The van der Waals surface area contributed by atoms with E-state index in [4.69, 9.17) is 5.73 Å². The Labute approximate surface area is 60.2 Å². The fraction of sp³-hybridized carbons (Fsp3) is 0.667. The smallest absolute Gasteiger partial charge is 0.149 e. The Hall–Kier alpha value is -0.0200. The zero-order chi connectivity index (χ0) is 7.28. The lowest BCUT2D eigenvalue weighted by Crippen LogP contribution is -2.28. The molecule has 0 saturated carbocycles. The Morgan fingerprint density at radius 2 is 2.44 bits per heavy atom. The monoisotopic (exact) mass is 146 g/mol. The van der Waals surface area contributed by atoms with Crippen LogP contribution < -0.4 is 5.73 Å². The predicted molar refractivity (Wildman–Crippen MR) is 41.3 cm³/mol. The number of carbonyl (C=O) groups is 1. The van der Waals surface area contributed by atoms with Gasteiger partial charge in [-0.2, -0.15) is 11.8 Å². The van der Waals surface area contributed by atoms with E-state index in [0.717, 1.165) is 12.2 Å². The highest BCUT2D eigenvalue weighted by Gasteiger charge is 2.05. The topological polar surface area (TPSA) is 43.1 Å². The van der Waals surface area contributed by atoms with Gasteiger partial charge in [-0.25, -0.2) is 0 Å². The third-order valence-corrected chi connectivity index (χ3v) is 1.69. The summed E-state index contributed by atoms with van der Waals surface area (Å²) in [5.41, 5.74) is 5.38. The second-order valence-corrected chi connectivity index (χ2v) is 2.84. The molecule has 0 aromatic rings. The molecule has 0 aliphatic carbocycles. The lowest BCUT2D eigenvalue weighted by atomic mass is 10.2. The Morgan fingerprint density at radius 1 is 1.89 bits per heavy atom. The van der Waals surface area contributed by atoms with E-state index in [2.05, 4.69) is 6.92 Å². The van der Waals surface area contributed by atoms with Crippen LogP contribution in [0.5, 0.6) is 0 Å². The van der Waals surface area contributed by atoms with Gasteiger partial charge in [0, 0.05) is 6.92 Å². The molecule has 53 valence electrons. The second kappa shape index (κ2) is 4.82. The van der Waals surface area contributed by atoms with Gasteiger partial charge in [-0.05, 0) is 18.4 Å². The van der Waals surface area contributed by atoms with Crippen LogP contribution in [0.3, 0.4) is 0 Å². The summed E-state index contributed by atoms with van der Waals surface area (Å²) >= 11 is 1.69. The van der Waals surface area contributed by atoms with E-state index >= 15 is 0 Å². The highest BCUT2D eigenvalue weighted by Crippen LogP contribution is 1.98. The summed E-state index contributed by atoms with van der Waals surface area (Å²) in [5, 5.41) is 0. The van der Waals surface area contributed by atoms with Crippen molar-refractivity contribution in [2.75, 3.05) is 12.0 Å². The molecular formula is C6H12NOS. The number of nitrogens with two attached hydrogens (primary N) is 1. The van der Waals surface area contributed by atoms with E-state index in [1.807, 2.05) is 6.26 Å². The third kappa shape index (κ3) is 4.48. The molecule has 0 unspecified atom stereocenters. The minimum Gasteiger partial charge on any atom is -0.321 e. The Bertz CT molecular complexity index is 95.1. The number of Topliss-reactive ketones (excluding diaryl/α,β-unsaturated/α-hetero) is 1. The summed E-state index contributed by atoms with van der Waals surface area (Å²) in [6, 6.07) is -0.350. The van der Waals surface area contributed by atoms with Crippen molar-refractivity contribution in [3.63, 3.8) is 0 Å². The molecule has 0 spiro atoms. The lowest BCUT2D eigenvalue weighted by Gasteiger charge is -2.03. The summed E-state index contributed by atoms with van der Waals surface area (Å²) in [4.78, 5) is 10.4. The molecule has 1 atom stereocenters. The van der Waals surface area contributed by atoms with Crippen molar-refractivity contribution in [2.24, 2.45) is 5.73 Å². The highest BCUT2D eigenvalue weighted by molar-refractivity contribution is 7.98. The largest absolute Gasteiger partial charge is 0.321 e. The summed E-state index contributed by atoms with van der Waals surface area (Å²) in [5.74, 6) is 0.770. The fourth-order valence-electron chi connectivity index (χ4n) is 0.406. The molecule has 0 heterocycles. The van der Waals surface area contributed by atoms with Gasteiger partial charge in [0.1, 0.15) is 5.78 Å². The first-order valence-corrected chi connectivity index (χ1v) is 4.18. The van der Waals surface area contributed by atoms with Crippen molar-refractivity contribution in [3.8, 4) is 0 Å². The summed E-state index contributed by atoms with van der Waals surface area (Å²) in [7, 11) is 0. The van der Waals surface area contributed by atoms with Crippen LogP contribution >= 0.6 is 11.8 Å². The van der Waals surface area contributed by atoms with Gasteiger partial charge >= 0.3 is 0 Å². The molecule has 0 bridgehead atoms. The van der Waals surface area contributed by atoms with Crippen molar-refractivity contribution in [2.45, 2.75) is 12.5 Å². The van der Waals surface area contributed by atoms with Crippen LogP contribution in [-0.4, -0.2) is 23.8 Å². The first kappa shape index (κ1) is 8.98. The van der Waals surface area contributed by atoms with Gasteiger partial charge in [0.05, 0.1) is 6.04 Å². The molecule has 3 heteroatoms. The van der Waals surface area contributed by atoms with Gasteiger partial charge in [0.25, 0.3) is 0 Å². The van der Waals surface area contributed by atoms with Gasteiger partial charge < -0.3 is 5.73 Å². The van der Waals surface area contributed by atoms with Crippen LogP contribution in [0.25, 0.3) is 0 Å². The standard InChI is InChI=1S/C6H12NOS/c1-5(8)6(7)3-4-9-2/h6H,1,3-4,7H2,2H3/t6-/m0/s1. The van der Waals surface area contributed by atoms with Crippen LogP contribution in [-0.2, 0) is 4.79 Å². The molecule has 0 saturated heterocycles. The van der Waals surface area contributed by atoms with E-state index in [1.54, 1.807) is 11.8 Å². The van der Waals surface area contributed by atoms with Crippen molar-refractivity contribution >= 4 is 17.5 Å². The predicted octanol–water partition coefficient (Wildman–Crippen LogP) is 0.470. The van der Waals surface area contributed by atoms with Crippen molar-refractivity contribution in [1.82, 2.24) is 0 Å². The van der Waals surface area contributed by atoms with Crippen molar-refractivity contribution in [3.05, 3.63) is 6.92 Å².